The number of allylic oxidation sites excluding steroid dienone is 3. The first-order chi connectivity index (χ1) is 26.3. The van der Waals surface area contributed by atoms with Crippen molar-refractivity contribution in [2.75, 3.05) is 57.9 Å². The molecular formula is C46H71N3O6S. The highest BCUT2D eigenvalue weighted by Crippen LogP contribution is 2.76. The maximum Gasteiger partial charge on any atom is 0.335 e. The van der Waals surface area contributed by atoms with E-state index in [9.17, 15) is 23.8 Å². The minimum absolute atomic E-state index is 0.0110. The Morgan fingerprint density at radius 3 is 2.27 bits per heavy atom. The number of ether oxygens (including phenoxy) is 1. The van der Waals surface area contributed by atoms with Gasteiger partial charge in [-0.3, -0.25) is 14.0 Å². The molecular weight excluding hydrogens is 723 g/mol. The van der Waals surface area contributed by atoms with Crippen molar-refractivity contribution in [1.29, 1.82) is 0 Å². The molecule has 5 aliphatic carbocycles. The van der Waals surface area contributed by atoms with Gasteiger partial charge in [0.2, 0.25) is 0 Å². The topological polar surface area (TPSA) is 123 Å². The Balaban J connectivity index is 1.14. The number of carboxylic acids is 1. The molecule has 0 radical (unpaired) electrons. The fourth-order valence-electron chi connectivity index (χ4n) is 14.3. The van der Waals surface area contributed by atoms with Gasteiger partial charge in [0.25, 0.3) is 0 Å². The van der Waals surface area contributed by atoms with Crippen molar-refractivity contribution in [2.45, 2.75) is 105 Å². The molecule has 7 rings (SSSR count). The zero-order valence-corrected chi connectivity index (χ0v) is 36.2. The maximum absolute atomic E-state index is 14.5. The van der Waals surface area contributed by atoms with Crippen LogP contribution in [-0.2, 0) is 4.74 Å². The highest BCUT2D eigenvalue weighted by molar-refractivity contribution is 8.24. The number of urea groups is 1. The largest absolute Gasteiger partial charge is 0.478 e. The fraction of sp³-hybridized carbons (Fsp3) is 0.739. The minimum Gasteiger partial charge on any atom is -0.478 e. The monoisotopic (exact) mass is 794 g/mol. The van der Waals surface area contributed by atoms with E-state index in [1.54, 1.807) is 19.2 Å². The molecule has 1 aromatic carbocycles. The van der Waals surface area contributed by atoms with Gasteiger partial charge in [0.05, 0.1) is 23.7 Å². The van der Waals surface area contributed by atoms with Crippen LogP contribution in [0.3, 0.4) is 0 Å². The molecule has 1 saturated heterocycles. The normalized spacial score (nSPS) is 39.2. The number of carbonyl (C=O) groups is 2. The number of fused-ring (bicyclic) bond motifs is 7. The Morgan fingerprint density at radius 1 is 0.929 bits per heavy atom. The molecule has 0 unspecified atom stereocenters. The van der Waals surface area contributed by atoms with Crippen LogP contribution in [0.5, 0.6) is 0 Å². The highest BCUT2D eigenvalue weighted by atomic mass is 32.3. The summed E-state index contributed by atoms with van der Waals surface area (Å²) in [5.74, 6) is 2.29. The van der Waals surface area contributed by atoms with E-state index in [-0.39, 0.29) is 33.2 Å². The Labute approximate surface area is 338 Å². The quantitative estimate of drug-likeness (QED) is 0.174. The first-order valence-corrected chi connectivity index (χ1v) is 23.4. The molecule has 9 atom stereocenters. The predicted molar refractivity (Wildman–Crippen MR) is 227 cm³/mol. The Morgan fingerprint density at radius 2 is 1.62 bits per heavy atom. The van der Waals surface area contributed by atoms with Crippen molar-refractivity contribution in [3.63, 3.8) is 0 Å². The van der Waals surface area contributed by atoms with Crippen LogP contribution in [0.2, 0.25) is 0 Å². The summed E-state index contributed by atoms with van der Waals surface area (Å²) in [5, 5.41) is 13.3. The summed E-state index contributed by atoms with van der Waals surface area (Å²) < 4.78 is 25.7. The molecule has 56 heavy (non-hydrogen) atoms. The Hall–Kier alpha value is -2.37. The van der Waals surface area contributed by atoms with Crippen molar-refractivity contribution in [2.24, 2.45) is 51.2 Å². The predicted octanol–water partition coefficient (Wildman–Crippen LogP) is 9.51. The standard InChI is InChI=1S/C46H71N3O6S/c1-31(2)34-15-20-46(47-41(52)49(25-28-55-8)24-23-48-26-29-56(53,54)30-27-48)22-21-44(6)36(39(34)46)13-14-38-43(5)18-16-35(32-9-11-33(12-10-32)40(50)51)42(3,4)37(43)17-19-45(38,44)7/h9-12,16,34,36-39,53-54H,1,13-15,17-30H2,2-8H3,(H,47,52)(H,50,51)/t34-,36+,37-,38+,39+,43-,44+,45+,46-/m0/s1. The summed E-state index contributed by atoms with van der Waals surface area (Å²) in [7, 11) is -0.777. The molecule has 6 aliphatic rings. The number of benzene rings is 1. The van der Waals surface area contributed by atoms with E-state index >= 15 is 0 Å². The van der Waals surface area contributed by atoms with Crippen molar-refractivity contribution >= 4 is 28.2 Å². The SMILES string of the molecule is C=C(C)[C@@H]1CC[C@]2(NC(=O)N(CCOC)CCN3CCS(O)(O)CC3)CC[C@]3(C)[C@H](CC[C@@H]4[C@@]5(C)CC=C(c6ccc(C(=O)O)cc6)C(C)(C)[C@@H]5CC[C@]43C)[C@@H]12. The first-order valence-electron chi connectivity index (χ1n) is 21.5. The zero-order chi connectivity index (χ0) is 40.5. The van der Waals surface area contributed by atoms with Crippen molar-refractivity contribution in [3.8, 4) is 0 Å². The molecule has 5 fully saturated rings. The summed E-state index contributed by atoms with van der Waals surface area (Å²) in [5.41, 5.74) is 4.28. The third kappa shape index (κ3) is 6.89. The number of amides is 2. The van der Waals surface area contributed by atoms with E-state index in [1.807, 2.05) is 17.0 Å². The lowest BCUT2D eigenvalue weighted by Crippen LogP contribution is -2.69. The summed E-state index contributed by atoms with van der Waals surface area (Å²) in [6.45, 7) is 23.2. The number of nitrogens with zero attached hydrogens (tertiary/aromatic N) is 2. The number of methoxy groups -OCH3 is 1. The Kier molecular flexibility index (Phi) is 11.2. The molecule has 0 aromatic heterocycles. The summed E-state index contributed by atoms with van der Waals surface area (Å²) in [4.78, 5) is 30.3. The number of hydrogen-bond donors (Lipinski definition) is 4. The van der Waals surface area contributed by atoms with Gasteiger partial charge in [-0.2, -0.15) is 10.6 Å². The molecule has 4 N–H and O–H groups in total. The van der Waals surface area contributed by atoms with E-state index in [0.717, 1.165) is 37.7 Å². The van der Waals surface area contributed by atoms with Crippen LogP contribution >= 0.6 is 10.6 Å². The van der Waals surface area contributed by atoms with E-state index < -0.39 is 16.6 Å². The van der Waals surface area contributed by atoms with Gasteiger partial charge in [-0.25, -0.2) is 9.59 Å². The lowest BCUT2D eigenvalue weighted by molar-refractivity contribution is -0.218. The van der Waals surface area contributed by atoms with Gasteiger partial charge in [0.1, 0.15) is 0 Å². The van der Waals surface area contributed by atoms with Crippen LogP contribution in [0.25, 0.3) is 5.57 Å². The molecule has 1 heterocycles. The van der Waals surface area contributed by atoms with Crippen molar-refractivity contribution in [1.82, 2.24) is 15.1 Å². The molecule has 10 heteroatoms. The van der Waals surface area contributed by atoms with Gasteiger partial charge in [-0.05, 0) is 139 Å². The highest BCUT2D eigenvalue weighted by Gasteiger charge is 2.70. The fourth-order valence-corrected chi connectivity index (χ4v) is 15.6. The van der Waals surface area contributed by atoms with Crippen LogP contribution in [0.15, 0.2) is 42.5 Å². The third-order valence-electron chi connectivity index (χ3n) is 17.5. The molecule has 312 valence electrons. The van der Waals surface area contributed by atoms with E-state index in [4.69, 9.17) is 4.74 Å². The van der Waals surface area contributed by atoms with E-state index in [2.05, 4.69) is 64.4 Å². The van der Waals surface area contributed by atoms with Crippen LogP contribution in [0.1, 0.15) is 115 Å². The second-order valence-corrected chi connectivity index (χ2v) is 22.7. The summed E-state index contributed by atoms with van der Waals surface area (Å²) in [6, 6.07) is 7.53. The zero-order valence-electron chi connectivity index (χ0n) is 35.4. The van der Waals surface area contributed by atoms with Crippen LogP contribution in [0, 0.1) is 51.2 Å². The lowest BCUT2D eigenvalue weighted by atomic mass is 9.33. The average Bonchev–Trinajstić information content (AvgIpc) is 3.52. The van der Waals surface area contributed by atoms with Gasteiger partial charge in [0, 0.05) is 45.4 Å². The molecule has 9 nitrogen and oxygen atoms in total. The van der Waals surface area contributed by atoms with Crippen LogP contribution in [-0.4, -0.2) is 99.5 Å². The average molecular weight is 794 g/mol. The number of carbonyl (C=O) groups excluding carboxylic acids is 1. The van der Waals surface area contributed by atoms with Crippen LogP contribution in [0.4, 0.5) is 4.79 Å². The van der Waals surface area contributed by atoms with Crippen molar-refractivity contribution < 1.29 is 28.5 Å². The second kappa shape index (κ2) is 15.0. The van der Waals surface area contributed by atoms with Gasteiger partial charge in [-0.15, -0.1) is 0 Å². The third-order valence-corrected chi connectivity index (χ3v) is 19.1. The number of nitrogens with one attached hydrogen (secondary N) is 1. The van der Waals surface area contributed by atoms with Gasteiger partial charge in [0.15, 0.2) is 0 Å². The maximum atomic E-state index is 14.5. The summed E-state index contributed by atoms with van der Waals surface area (Å²) in [6.07, 6.45) is 12.5. The lowest BCUT2D eigenvalue weighted by Gasteiger charge is -2.72. The van der Waals surface area contributed by atoms with Gasteiger partial charge < -0.3 is 20.1 Å². The second-order valence-electron chi connectivity index (χ2n) is 20.2. The number of rotatable bonds is 10. The molecule has 0 bridgehead atoms. The molecule has 0 spiro atoms. The molecule has 2 amide bonds. The molecule has 1 aliphatic heterocycles. The van der Waals surface area contributed by atoms with Crippen molar-refractivity contribution in [3.05, 3.63) is 53.6 Å². The molecule has 4 saturated carbocycles. The van der Waals surface area contributed by atoms with E-state index in [1.165, 1.54) is 36.8 Å². The minimum atomic E-state index is -2.46. The van der Waals surface area contributed by atoms with Crippen LogP contribution < -0.4 is 5.32 Å². The smallest absolute Gasteiger partial charge is 0.335 e. The van der Waals surface area contributed by atoms with Gasteiger partial charge >= 0.3 is 12.0 Å². The number of hydrogen-bond acceptors (Lipinski definition) is 6. The van der Waals surface area contributed by atoms with Gasteiger partial charge in [-0.1, -0.05) is 65.0 Å². The number of carboxylic acid groups (broad SMARTS) is 1. The molecule has 1 aromatic rings. The number of aromatic carboxylic acids is 1. The van der Waals surface area contributed by atoms with E-state index in [0.29, 0.717) is 86.0 Å². The first kappa shape index (κ1) is 41.8. The summed E-state index contributed by atoms with van der Waals surface area (Å²) >= 11 is 0. The Bertz CT molecular complexity index is 1700.